The summed E-state index contributed by atoms with van der Waals surface area (Å²) in [5, 5.41) is 0. The van der Waals surface area contributed by atoms with Gasteiger partial charge in [0.15, 0.2) is 0 Å². The normalized spacial score (nSPS) is 10.5. The Kier molecular flexibility index (Phi) is 3.57. The molecule has 0 bridgehead atoms. The largest absolute Gasteiger partial charge is 0.113 e. The number of hydrogen-bond acceptors (Lipinski definition) is 0. The van der Waals surface area contributed by atoms with E-state index in [0.717, 1.165) is 17.5 Å². The summed E-state index contributed by atoms with van der Waals surface area (Å²) in [6.45, 7) is 5.85. The van der Waals surface area contributed by atoms with Crippen molar-refractivity contribution < 1.29 is 0 Å². The zero-order valence-electron chi connectivity index (χ0n) is 7.96. The van der Waals surface area contributed by atoms with E-state index in [0.29, 0.717) is 5.47 Å². The first-order chi connectivity index (χ1) is 6.25. The van der Waals surface area contributed by atoms with Crippen molar-refractivity contribution >= 4 is 19.4 Å². The number of hydrogen-bond donors (Lipinski definition) is 0. The molecule has 0 aliphatic heterocycles. The molecule has 0 nitrogen and oxygen atoms in total. The van der Waals surface area contributed by atoms with Gasteiger partial charge in [0.1, 0.15) is 7.85 Å². The zero-order chi connectivity index (χ0) is 9.68. The van der Waals surface area contributed by atoms with Gasteiger partial charge in [-0.05, 0) is 17.5 Å². The molecule has 0 heterocycles. The van der Waals surface area contributed by atoms with Crippen molar-refractivity contribution in [3.8, 4) is 0 Å². The van der Waals surface area contributed by atoms with Gasteiger partial charge in [-0.2, -0.15) is 0 Å². The summed E-state index contributed by atoms with van der Waals surface area (Å²) in [5.41, 5.74) is 2.78. The van der Waals surface area contributed by atoms with Crippen LogP contribution >= 0.6 is 0 Å². The van der Waals surface area contributed by atoms with Crippen LogP contribution in [-0.4, -0.2) is 7.85 Å². The quantitative estimate of drug-likeness (QED) is 0.607. The van der Waals surface area contributed by atoms with Gasteiger partial charge in [-0.3, -0.25) is 0 Å². The van der Waals surface area contributed by atoms with Crippen LogP contribution in [0, 0.1) is 0 Å². The topological polar surface area (TPSA) is 0 Å². The summed E-state index contributed by atoms with van der Waals surface area (Å²) in [7, 11) is 5.66. The van der Waals surface area contributed by atoms with Crippen molar-refractivity contribution in [2.45, 2.75) is 13.3 Å². The first-order valence-corrected chi connectivity index (χ1v) is 4.46. The smallest absolute Gasteiger partial charge is 0.106 e. The molecule has 13 heavy (non-hydrogen) atoms. The van der Waals surface area contributed by atoms with Crippen molar-refractivity contribution in [3.05, 3.63) is 48.0 Å². The second-order valence-corrected chi connectivity index (χ2v) is 2.92. The van der Waals surface area contributed by atoms with E-state index in [1.807, 2.05) is 24.3 Å². The Morgan fingerprint density at radius 3 is 2.77 bits per heavy atom. The van der Waals surface area contributed by atoms with E-state index in [9.17, 15) is 0 Å². The highest BCUT2D eigenvalue weighted by molar-refractivity contribution is 6.42. The van der Waals surface area contributed by atoms with Crippen LogP contribution in [0.25, 0.3) is 11.5 Å². The highest BCUT2D eigenvalue weighted by atomic mass is 14.0. The Bertz CT molecular complexity index is 324. The molecule has 0 fully saturated rings. The molecule has 0 aliphatic carbocycles. The number of benzene rings is 1. The van der Waals surface area contributed by atoms with Gasteiger partial charge in [0, 0.05) is 0 Å². The van der Waals surface area contributed by atoms with E-state index in [1.54, 1.807) is 0 Å². The molecule has 0 spiro atoms. The second-order valence-electron chi connectivity index (χ2n) is 2.92. The Labute approximate surface area is 81.4 Å². The first-order valence-electron chi connectivity index (χ1n) is 4.46. The van der Waals surface area contributed by atoms with Crippen molar-refractivity contribution in [2.75, 3.05) is 0 Å². The molecular formula is C12H13B. The molecule has 2 radical (unpaired) electrons. The van der Waals surface area contributed by atoms with Gasteiger partial charge in [0.2, 0.25) is 0 Å². The average Bonchev–Trinajstić information content (AvgIpc) is 2.15. The summed E-state index contributed by atoms with van der Waals surface area (Å²) < 4.78 is 0. The van der Waals surface area contributed by atoms with Crippen LogP contribution in [0.4, 0.5) is 0 Å². The summed E-state index contributed by atoms with van der Waals surface area (Å²) in [6.07, 6.45) is 5.22. The van der Waals surface area contributed by atoms with E-state index in [4.69, 9.17) is 7.85 Å². The highest BCUT2D eigenvalue weighted by Crippen LogP contribution is 2.16. The van der Waals surface area contributed by atoms with Crippen LogP contribution in [0.1, 0.15) is 24.5 Å². The highest BCUT2D eigenvalue weighted by Gasteiger charge is 1.96. The lowest BCUT2D eigenvalue weighted by molar-refractivity contribution is 1.23. The molecular weight excluding hydrogens is 155 g/mol. The molecule has 0 amide bonds. The summed E-state index contributed by atoms with van der Waals surface area (Å²) >= 11 is 0. The minimum Gasteiger partial charge on any atom is -0.106 e. The molecule has 0 saturated carbocycles. The fourth-order valence-electron chi connectivity index (χ4n) is 1.18. The van der Waals surface area contributed by atoms with E-state index in [1.165, 1.54) is 0 Å². The van der Waals surface area contributed by atoms with Gasteiger partial charge >= 0.3 is 0 Å². The van der Waals surface area contributed by atoms with Gasteiger partial charge in [-0.1, -0.05) is 48.8 Å². The molecule has 0 N–H and O–H groups in total. The first kappa shape index (κ1) is 9.85. The van der Waals surface area contributed by atoms with Crippen LogP contribution in [0.15, 0.2) is 36.9 Å². The third-order valence-electron chi connectivity index (χ3n) is 1.84. The average molecular weight is 168 g/mol. The standard InChI is InChI=1S/C12H13B/c1-3-4-7-11-8-5-6-9-12(11)10(2)13/h4-9H,2-3H2,1H3/b7-4-. The molecule has 0 atom stereocenters. The minimum atomic E-state index is 0.622. The predicted molar refractivity (Wildman–Crippen MR) is 60.6 cm³/mol. The van der Waals surface area contributed by atoms with Crippen LogP contribution in [0.2, 0.25) is 0 Å². The van der Waals surface area contributed by atoms with E-state index in [-0.39, 0.29) is 0 Å². The third-order valence-corrected chi connectivity index (χ3v) is 1.84. The third kappa shape index (κ3) is 2.62. The lowest BCUT2D eigenvalue weighted by Gasteiger charge is -2.04. The Balaban J connectivity index is 3.05. The fourth-order valence-corrected chi connectivity index (χ4v) is 1.18. The molecule has 1 rings (SSSR count). The van der Waals surface area contributed by atoms with Crippen LogP contribution in [0.5, 0.6) is 0 Å². The van der Waals surface area contributed by atoms with Gasteiger partial charge in [-0.15, -0.1) is 6.58 Å². The second kappa shape index (κ2) is 4.71. The zero-order valence-corrected chi connectivity index (χ0v) is 7.96. The lowest BCUT2D eigenvalue weighted by atomic mass is 9.87. The SMILES string of the molecule is [B]C(=C)c1ccccc1/C=C\CC. The Morgan fingerprint density at radius 2 is 2.15 bits per heavy atom. The van der Waals surface area contributed by atoms with E-state index < -0.39 is 0 Å². The Hall–Kier alpha value is -1.24. The maximum Gasteiger partial charge on any atom is 0.113 e. The molecule has 0 saturated heterocycles. The molecule has 1 aromatic rings. The molecule has 1 heteroatoms. The molecule has 0 unspecified atom stereocenters. The monoisotopic (exact) mass is 168 g/mol. The van der Waals surface area contributed by atoms with Crippen molar-refractivity contribution in [1.29, 1.82) is 0 Å². The predicted octanol–water partition coefficient (Wildman–Crippen LogP) is 3.25. The van der Waals surface area contributed by atoms with E-state index >= 15 is 0 Å². The van der Waals surface area contributed by atoms with Gasteiger partial charge < -0.3 is 0 Å². The van der Waals surface area contributed by atoms with Crippen LogP contribution in [0.3, 0.4) is 0 Å². The summed E-state index contributed by atoms with van der Waals surface area (Å²) in [4.78, 5) is 0. The van der Waals surface area contributed by atoms with Crippen LogP contribution < -0.4 is 0 Å². The maximum atomic E-state index is 5.66. The lowest BCUT2D eigenvalue weighted by Crippen LogP contribution is -1.85. The maximum absolute atomic E-state index is 5.66. The molecule has 64 valence electrons. The van der Waals surface area contributed by atoms with Crippen molar-refractivity contribution in [2.24, 2.45) is 0 Å². The van der Waals surface area contributed by atoms with Crippen molar-refractivity contribution in [3.63, 3.8) is 0 Å². The van der Waals surface area contributed by atoms with Gasteiger partial charge in [0.25, 0.3) is 0 Å². The van der Waals surface area contributed by atoms with Gasteiger partial charge in [-0.25, -0.2) is 0 Å². The summed E-state index contributed by atoms with van der Waals surface area (Å²) in [6, 6.07) is 8.00. The molecule has 0 aliphatic rings. The molecule has 1 aromatic carbocycles. The van der Waals surface area contributed by atoms with Crippen LogP contribution in [-0.2, 0) is 0 Å². The number of allylic oxidation sites excluding steroid dienone is 1. The van der Waals surface area contributed by atoms with Gasteiger partial charge in [0.05, 0.1) is 0 Å². The van der Waals surface area contributed by atoms with E-state index in [2.05, 4.69) is 25.7 Å². The minimum absolute atomic E-state index is 0.622. The Morgan fingerprint density at radius 1 is 1.46 bits per heavy atom. The van der Waals surface area contributed by atoms with Crippen molar-refractivity contribution in [1.82, 2.24) is 0 Å². The fraction of sp³-hybridized carbons (Fsp3) is 0.167. The summed E-state index contributed by atoms with van der Waals surface area (Å²) in [5.74, 6) is 0. The number of rotatable bonds is 3. The molecule has 0 aromatic heterocycles.